The minimum atomic E-state index is -0.380. The maximum Gasteiger partial charge on any atom is 0.237 e. The second-order valence-corrected chi connectivity index (χ2v) is 9.46. The molecule has 0 aliphatic carbocycles. The number of carbonyl (C=O) groups is 1. The number of thiophene rings is 1. The smallest absolute Gasteiger partial charge is 0.237 e. The lowest BCUT2D eigenvalue weighted by Gasteiger charge is -2.37. The summed E-state index contributed by atoms with van der Waals surface area (Å²) < 4.78 is 6.14. The fourth-order valence-electron chi connectivity index (χ4n) is 4.31. The molecule has 0 radical (unpaired) electrons. The molecule has 31 heavy (non-hydrogen) atoms. The molecule has 2 atom stereocenters. The number of hydrogen-bond donors (Lipinski definition) is 1. The number of nitrogens with zero attached hydrogens (tertiary/aromatic N) is 2. The molecular weight excluding hydrogens is 408 g/mol. The van der Waals surface area contributed by atoms with Crippen molar-refractivity contribution in [2.45, 2.75) is 58.6 Å². The lowest BCUT2D eigenvalue weighted by atomic mass is 10.0. The summed E-state index contributed by atoms with van der Waals surface area (Å²) >= 11 is 1.77. The van der Waals surface area contributed by atoms with Crippen LogP contribution in [0.3, 0.4) is 0 Å². The van der Waals surface area contributed by atoms with Gasteiger partial charge < -0.3 is 14.7 Å². The molecule has 3 rings (SSSR count). The van der Waals surface area contributed by atoms with Crippen LogP contribution in [0.15, 0.2) is 35.7 Å². The van der Waals surface area contributed by atoms with Gasteiger partial charge in [0.25, 0.3) is 0 Å². The van der Waals surface area contributed by atoms with Crippen molar-refractivity contribution >= 4 is 17.2 Å². The van der Waals surface area contributed by atoms with Crippen molar-refractivity contribution in [1.29, 1.82) is 0 Å². The van der Waals surface area contributed by atoms with Crippen molar-refractivity contribution in [1.82, 2.24) is 9.80 Å². The summed E-state index contributed by atoms with van der Waals surface area (Å²) in [5, 5.41) is 12.4. The van der Waals surface area contributed by atoms with E-state index in [0.717, 1.165) is 43.5 Å². The van der Waals surface area contributed by atoms with E-state index in [4.69, 9.17) is 4.74 Å². The topological polar surface area (TPSA) is 53.0 Å². The van der Waals surface area contributed by atoms with E-state index in [-0.39, 0.29) is 18.1 Å². The average Bonchev–Trinajstić information content (AvgIpc) is 3.21. The van der Waals surface area contributed by atoms with Gasteiger partial charge >= 0.3 is 0 Å². The first-order valence-electron chi connectivity index (χ1n) is 11.5. The molecule has 2 heterocycles. The molecule has 0 fully saturated rings. The number of ether oxygens (including phenoxy) is 1. The quantitative estimate of drug-likeness (QED) is 0.557. The first-order chi connectivity index (χ1) is 15.0. The molecule has 0 bridgehead atoms. The van der Waals surface area contributed by atoms with Gasteiger partial charge in [-0.3, -0.25) is 9.69 Å². The number of amides is 1. The van der Waals surface area contributed by atoms with Crippen LogP contribution in [0.5, 0.6) is 5.75 Å². The second-order valence-electron chi connectivity index (χ2n) is 8.46. The van der Waals surface area contributed by atoms with Crippen LogP contribution in [0.2, 0.25) is 0 Å². The van der Waals surface area contributed by atoms with Gasteiger partial charge in [-0.1, -0.05) is 32.4 Å². The van der Waals surface area contributed by atoms with E-state index in [0.29, 0.717) is 26.2 Å². The summed E-state index contributed by atoms with van der Waals surface area (Å²) in [7, 11) is 0. The number of carbonyl (C=O) groups excluding carboxylic acids is 1. The Bertz CT molecular complexity index is 838. The van der Waals surface area contributed by atoms with Crippen molar-refractivity contribution < 1.29 is 14.6 Å². The van der Waals surface area contributed by atoms with E-state index >= 15 is 0 Å². The molecule has 1 amide bonds. The summed E-state index contributed by atoms with van der Waals surface area (Å²) in [6.07, 6.45) is 3.19. The Balaban J connectivity index is 1.71. The first kappa shape index (κ1) is 23.8. The van der Waals surface area contributed by atoms with E-state index in [1.807, 2.05) is 23.1 Å². The van der Waals surface area contributed by atoms with Gasteiger partial charge in [-0.2, -0.15) is 0 Å². The fraction of sp³-hybridized carbons (Fsp3) is 0.560. The number of benzene rings is 1. The van der Waals surface area contributed by atoms with E-state index in [1.165, 1.54) is 10.4 Å². The predicted octanol–water partition coefficient (Wildman–Crippen LogP) is 4.43. The minimum absolute atomic E-state index is 0.0768. The van der Waals surface area contributed by atoms with Gasteiger partial charge in [0.1, 0.15) is 12.4 Å². The summed E-state index contributed by atoms with van der Waals surface area (Å²) in [5.41, 5.74) is 2.37. The third-order valence-electron chi connectivity index (χ3n) is 5.80. The van der Waals surface area contributed by atoms with Crippen molar-refractivity contribution in [3.05, 3.63) is 51.7 Å². The Hall–Kier alpha value is -1.89. The number of hydrogen-bond acceptors (Lipinski definition) is 5. The summed E-state index contributed by atoms with van der Waals surface area (Å²) in [6, 6.07) is 10.1. The Kier molecular flexibility index (Phi) is 8.93. The van der Waals surface area contributed by atoms with Crippen molar-refractivity contribution in [2.24, 2.45) is 0 Å². The van der Waals surface area contributed by atoms with Gasteiger partial charge in [-0.25, -0.2) is 0 Å². The molecule has 1 aliphatic heterocycles. The van der Waals surface area contributed by atoms with Gasteiger partial charge in [0.2, 0.25) is 5.91 Å². The Morgan fingerprint density at radius 2 is 2.16 bits per heavy atom. The lowest BCUT2D eigenvalue weighted by molar-refractivity contribution is -0.136. The van der Waals surface area contributed by atoms with Gasteiger partial charge in [0.05, 0.1) is 18.7 Å². The van der Waals surface area contributed by atoms with Gasteiger partial charge in [0, 0.05) is 18.0 Å². The minimum Gasteiger partial charge on any atom is -0.491 e. The van der Waals surface area contributed by atoms with Crippen LogP contribution in [0.25, 0.3) is 0 Å². The summed E-state index contributed by atoms with van der Waals surface area (Å²) in [6.45, 7) is 9.11. The molecule has 2 aromatic rings. The van der Waals surface area contributed by atoms with E-state index in [9.17, 15) is 9.90 Å². The molecule has 170 valence electrons. The molecule has 0 saturated heterocycles. The molecule has 1 aromatic carbocycles. The highest BCUT2D eigenvalue weighted by atomic mass is 32.1. The number of rotatable bonds is 11. The van der Waals surface area contributed by atoms with Crippen LogP contribution >= 0.6 is 11.3 Å². The zero-order valence-corrected chi connectivity index (χ0v) is 19.9. The average molecular weight is 445 g/mol. The fourth-order valence-corrected chi connectivity index (χ4v) is 5.24. The van der Waals surface area contributed by atoms with E-state index < -0.39 is 0 Å². The number of fused-ring (bicyclic) bond motifs is 1. The molecule has 1 aromatic heterocycles. The number of aryl methyl sites for hydroxylation is 1. The molecule has 2 unspecified atom stereocenters. The maximum atomic E-state index is 13.4. The molecule has 0 saturated carbocycles. The molecule has 6 heteroatoms. The number of aliphatic hydroxyl groups is 1. The molecular formula is C25H36N2O3S. The molecule has 1 aliphatic rings. The Morgan fingerprint density at radius 1 is 1.32 bits per heavy atom. The van der Waals surface area contributed by atoms with Crippen LogP contribution in [0.1, 0.15) is 55.2 Å². The number of aliphatic hydroxyl groups excluding tert-OH is 1. The van der Waals surface area contributed by atoms with Crippen LogP contribution < -0.4 is 4.74 Å². The van der Waals surface area contributed by atoms with E-state index in [2.05, 4.69) is 43.2 Å². The standard InChI is InChI=1S/C25H36N2O3S/c1-4-7-20(28)16-26(12-5-2)17-25(29)27-13-10-24-22(11-14-31-24)23(27)18-30-21-9-6-8-19(3)15-21/h6,8-9,11,14-15,20,23,28H,4-5,7,10,12-13,16-18H2,1-3H3. The molecule has 1 N–H and O–H groups in total. The second kappa shape index (κ2) is 11.7. The molecule has 0 spiro atoms. The zero-order valence-electron chi connectivity index (χ0n) is 19.0. The third kappa shape index (κ3) is 6.55. The normalized spacial score (nSPS) is 16.9. The van der Waals surface area contributed by atoms with Crippen molar-refractivity contribution in [3.8, 4) is 5.75 Å². The summed E-state index contributed by atoms with van der Waals surface area (Å²) in [4.78, 5) is 18.8. The van der Waals surface area contributed by atoms with Crippen LogP contribution in [0.4, 0.5) is 0 Å². The molecule has 5 nitrogen and oxygen atoms in total. The van der Waals surface area contributed by atoms with Gasteiger partial charge in [-0.15, -0.1) is 11.3 Å². The van der Waals surface area contributed by atoms with Crippen molar-refractivity contribution in [3.63, 3.8) is 0 Å². The Morgan fingerprint density at radius 3 is 2.90 bits per heavy atom. The highest BCUT2D eigenvalue weighted by molar-refractivity contribution is 7.10. The third-order valence-corrected chi connectivity index (χ3v) is 6.80. The van der Waals surface area contributed by atoms with Gasteiger partial charge in [-0.05, 0) is 67.4 Å². The highest BCUT2D eigenvalue weighted by Gasteiger charge is 2.33. The van der Waals surface area contributed by atoms with E-state index in [1.54, 1.807) is 11.3 Å². The SMILES string of the molecule is CCCC(O)CN(CCC)CC(=O)N1CCc2sccc2C1COc1cccc(C)c1. The van der Waals surface area contributed by atoms with Crippen LogP contribution in [-0.4, -0.2) is 59.7 Å². The summed E-state index contributed by atoms with van der Waals surface area (Å²) in [5.74, 6) is 0.955. The zero-order chi connectivity index (χ0) is 22.2. The van der Waals surface area contributed by atoms with Crippen molar-refractivity contribution in [2.75, 3.05) is 32.8 Å². The highest BCUT2D eigenvalue weighted by Crippen LogP contribution is 2.34. The Labute approximate surface area is 190 Å². The van der Waals surface area contributed by atoms with Gasteiger partial charge in [0.15, 0.2) is 0 Å². The van der Waals surface area contributed by atoms with Crippen LogP contribution in [0, 0.1) is 6.92 Å². The maximum absolute atomic E-state index is 13.4. The first-order valence-corrected chi connectivity index (χ1v) is 12.3. The predicted molar refractivity (Wildman–Crippen MR) is 127 cm³/mol. The van der Waals surface area contributed by atoms with Crippen LogP contribution in [-0.2, 0) is 11.2 Å². The lowest BCUT2D eigenvalue weighted by Crippen LogP contribution is -2.47. The monoisotopic (exact) mass is 444 g/mol. The largest absolute Gasteiger partial charge is 0.491 e.